The third kappa shape index (κ3) is 2.15. The summed E-state index contributed by atoms with van der Waals surface area (Å²) >= 11 is 0. The molecule has 0 amide bonds. The summed E-state index contributed by atoms with van der Waals surface area (Å²) in [6.45, 7) is 6.16. The van der Waals surface area contributed by atoms with Crippen LogP contribution >= 0.6 is 0 Å². The van der Waals surface area contributed by atoms with Crippen LogP contribution in [0.25, 0.3) is 0 Å². The molecule has 2 heterocycles. The van der Waals surface area contributed by atoms with Crippen molar-refractivity contribution in [1.29, 1.82) is 0 Å². The van der Waals surface area contributed by atoms with Gasteiger partial charge in [0.1, 0.15) is 5.82 Å². The van der Waals surface area contributed by atoms with Gasteiger partial charge in [0.2, 0.25) is 0 Å². The summed E-state index contributed by atoms with van der Waals surface area (Å²) in [7, 11) is 0. The standard InChI is InChI=1S/C13H18FN3/c14-12-3-1-2-4-13(12)17-7-5-16(6-8-17)11-9-15-10-11/h1-4,11,15H,5-10H2. The van der Waals surface area contributed by atoms with Gasteiger partial charge >= 0.3 is 0 Å². The monoisotopic (exact) mass is 235 g/mol. The molecule has 2 saturated heterocycles. The topological polar surface area (TPSA) is 18.5 Å². The molecule has 17 heavy (non-hydrogen) atoms. The molecule has 1 aromatic rings. The fourth-order valence-corrected chi connectivity index (χ4v) is 2.57. The minimum atomic E-state index is -0.105. The summed E-state index contributed by atoms with van der Waals surface area (Å²) in [6.07, 6.45) is 0. The Balaban J connectivity index is 1.63. The van der Waals surface area contributed by atoms with Crippen molar-refractivity contribution in [2.24, 2.45) is 0 Å². The minimum absolute atomic E-state index is 0.105. The highest BCUT2D eigenvalue weighted by atomic mass is 19.1. The highest BCUT2D eigenvalue weighted by molar-refractivity contribution is 5.48. The molecule has 4 heteroatoms. The maximum Gasteiger partial charge on any atom is 0.146 e. The number of rotatable bonds is 2. The maximum atomic E-state index is 13.6. The van der Waals surface area contributed by atoms with Crippen molar-refractivity contribution in [2.45, 2.75) is 6.04 Å². The van der Waals surface area contributed by atoms with E-state index in [2.05, 4.69) is 15.1 Å². The molecule has 0 saturated carbocycles. The second-order valence-electron chi connectivity index (χ2n) is 4.79. The molecule has 0 unspecified atom stereocenters. The number of para-hydroxylation sites is 1. The van der Waals surface area contributed by atoms with Crippen LogP contribution in [0.4, 0.5) is 10.1 Å². The van der Waals surface area contributed by atoms with Crippen molar-refractivity contribution in [3.05, 3.63) is 30.1 Å². The zero-order chi connectivity index (χ0) is 11.7. The molecule has 0 bridgehead atoms. The lowest BCUT2D eigenvalue weighted by atomic mass is 10.1. The Hall–Kier alpha value is -1.13. The summed E-state index contributed by atoms with van der Waals surface area (Å²) < 4.78 is 13.6. The van der Waals surface area contributed by atoms with Gasteiger partial charge in [0.25, 0.3) is 0 Å². The van der Waals surface area contributed by atoms with E-state index in [1.807, 2.05) is 12.1 Å². The molecule has 1 N–H and O–H groups in total. The van der Waals surface area contributed by atoms with Crippen LogP contribution in [0.5, 0.6) is 0 Å². The minimum Gasteiger partial charge on any atom is -0.367 e. The fourth-order valence-electron chi connectivity index (χ4n) is 2.57. The van der Waals surface area contributed by atoms with E-state index in [0.29, 0.717) is 6.04 Å². The Morgan fingerprint density at radius 3 is 2.35 bits per heavy atom. The second-order valence-corrected chi connectivity index (χ2v) is 4.79. The number of hydrogen-bond donors (Lipinski definition) is 1. The SMILES string of the molecule is Fc1ccccc1N1CCN(C2CNC2)CC1. The molecule has 0 aliphatic carbocycles. The van der Waals surface area contributed by atoms with Gasteiger partial charge in [-0.05, 0) is 12.1 Å². The normalized spacial score (nSPS) is 22.5. The first-order chi connectivity index (χ1) is 8.34. The van der Waals surface area contributed by atoms with E-state index in [9.17, 15) is 4.39 Å². The number of piperazine rings is 1. The molecule has 92 valence electrons. The molecule has 0 spiro atoms. The number of benzene rings is 1. The van der Waals surface area contributed by atoms with Crippen molar-refractivity contribution in [3.8, 4) is 0 Å². The van der Waals surface area contributed by atoms with E-state index >= 15 is 0 Å². The maximum absolute atomic E-state index is 13.6. The molecule has 0 atom stereocenters. The van der Waals surface area contributed by atoms with Gasteiger partial charge in [0.05, 0.1) is 5.69 Å². The predicted octanol–water partition coefficient (Wildman–Crippen LogP) is 0.919. The highest BCUT2D eigenvalue weighted by Gasteiger charge is 2.28. The first-order valence-electron chi connectivity index (χ1n) is 6.29. The van der Waals surface area contributed by atoms with Crippen molar-refractivity contribution >= 4 is 5.69 Å². The summed E-state index contributed by atoms with van der Waals surface area (Å²) in [5.74, 6) is -0.105. The van der Waals surface area contributed by atoms with Gasteiger partial charge in [-0.1, -0.05) is 12.1 Å². The van der Waals surface area contributed by atoms with Crippen LogP contribution < -0.4 is 10.2 Å². The van der Waals surface area contributed by atoms with Crippen LogP contribution in [-0.4, -0.2) is 50.2 Å². The Morgan fingerprint density at radius 2 is 1.76 bits per heavy atom. The second kappa shape index (κ2) is 4.63. The van der Waals surface area contributed by atoms with Gasteiger partial charge in [0.15, 0.2) is 0 Å². The van der Waals surface area contributed by atoms with Gasteiger partial charge < -0.3 is 10.2 Å². The third-order valence-corrected chi connectivity index (χ3v) is 3.78. The van der Waals surface area contributed by atoms with Crippen LogP contribution in [0.2, 0.25) is 0 Å². The van der Waals surface area contributed by atoms with Crippen molar-refractivity contribution in [1.82, 2.24) is 10.2 Å². The molecule has 1 aromatic carbocycles. The van der Waals surface area contributed by atoms with Crippen LogP contribution in [0, 0.1) is 5.82 Å². The lowest BCUT2D eigenvalue weighted by molar-refractivity contribution is 0.137. The average molecular weight is 235 g/mol. The number of nitrogens with zero attached hydrogens (tertiary/aromatic N) is 2. The number of anilines is 1. The number of halogens is 1. The van der Waals surface area contributed by atoms with E-state index in [1.165, 1.54) is 6.07 Å². The van der Waals surface area contributed by atoms with Crippen molar-refractivity contribution in [3.63, 3.8) is 0 Å². The zero-order valence-electron chi connectivity index (χ0n) is 9.90. The number of nitrogens with one attached hydrogen (secondary N) is 1. The van der Waals surface area contributed by atoms with E-state index in [-0.39, 0.29) is 5.82 Å². The largest absolute Gasteiger partial charge is 0.367 e. The van der Waals surface area contributed by atoms with E-state index in [1.54, 1.807) is 6.07 Å². The van der Waals surface area contributed by atoms with Crippen LogP contribution in [0.3, 0.4) is 0 Å². The molecule has 2 aliphatic heterocycles. The molecular formula is C13H18FN3. The fraction of sp³-hybridized carbons (Fsp3) is 0.538. The Labute approximate surface area is 101 Å². The third-order valence-electron chi connectivity index (χ3n) is 3.78. The van der Waals surface area contributed by atoms with E-state index in [0.717, 1.165) is 45.0 Å². The van der Waals surface area contributed by atoms with Gasteiger partial charge in [-0.3, -0.25) is 4.90 Å². The Kier molecular flexibility index (Phi) is 2.99. The van der Waals surface area contributed by atoms with Crippen LogP contribution in [-0.2, 0) is 0 Å². The summed E-state index contributed by atoms with van der Waals surface area (Å²) in [6, 6.07) is 7.77. The molecule has 2 aliphatic rings. The predicted molar refractivity (Wildman–Crippen MR) is 66.8 cm³/mol. The first kappa shape index (κ1) is 11.0. The Morgan fingerprint density at radius 1 is 1.06 bits per heavy atom. The smallest absolute Gasteiger partial charge is 0.146 e. The van der Waals surface area contributed by atoms with Crippen molar-refractivity contribution in [2.75, 3.05) is 44.2 Å². The summed E-state index contributed by atoms with van der Waals surface area (Å²) in [5, 5.41) is 3.30. The zero-order valence-corrected chi connectivity index (χ0v) is 9.90. The lowest BCUT2D eigenvalue weighted by Gasteiger charge is -2.43. The molecule has 3 rings (SSSR count). The quantitative estimate of drug-likeness (QED) is 0.822. The molecule has 0 radical (unpaired) electrons. The molecule has 3 nitrogen and oxygen atoms in total. The van der Waals surface area contributed by atoms with Crippen LogP contribution in [0.1, 0.15) is 0 Å². The summed E-state index contributed by atoms with van der Waals surface area (Å²) in [5.41, 5.74) is 0.749. The van der Waals surface area contributed by atoms with Gasteiger partial charge in [-0.2, -0.15) is 0 Å². The molecule has 2 fully saturated rings. The molecular weight excluding hydrogens is 217 g/mol. The summed E-state index contributed by atoms with van der Waals surface area (Å²) in [4.78, 5) is 4.66. The average Bonchev–Trinajstić information content (AvgIpc) is 2.29. The van der Waals surface area contributed by atoms with Gasteiger partial charge in [-0.25, -0.2) is 4.39 Å². The van der Waals surface area contributed by atoms with E-state index < -0.39 is 0 Å². The Bertz CT molecular complexity index is 384. The first-order valence-corrected chi connectivity index (χ1v) is 6.29. The van der Waals surface area contributed by atoms with Gasteiger partial charge in [-0.15, -0.1) is 0 Å². The highest BCUT2D eigenvalue weighted by Crippen LogP contribution is 2.21. The number of hydrogen-bond acceptors (Lipinski definition) is 3. The van der Waals surface area contributed by atoms with Crippen molar-refractivity contribution < 1.29 is 4.39 Å². The van der Waals surface area contributed by atoms with Gasteiger partial charge in [0, 0.05) is 45.3 Å². The lowest BCUT2D eigenvalue weighted by Crippen LogP contribution is -2.61. The van der Waals surface area contributed by atoms with E-state index in [4.69, 9.17) is 0 Å². The molecule has 0 aromatic heterocycles. The van der Waals surface area contributed by atoms with Crippen LogP contribution in [0.15, 0.2) is 24.3 Å².